The zero-order valence-electron chi connectivity index (χ0n) is 36.5. The summed E-state index contributed by atoms with van der Waals surface area (Å²) in [5.41, 5.74) is 0.652. The third-order valence-corrected chi connectivity index (χ3v) is 12.6. The number of hydrogen-bond donors (Lipinski definition) is 6. The maximum atomic E-state index is 13.2. The Morgan fingerprint density at radius 2 is 1.66 bits per heavy atom. The number of hydrogen-bond acceptors (Lipinski definition) is 12. The summed E-state index contributed by atoms with van der Waals surface area (Å²) in [7, 11) is 0. The first kappa shape index (κ1) is 48.3. The molecule has 6 N–H and O–H groups in total. The van der Waals surface area contributed by atoms with Crippen molar-refractivity contribution < 1.29 is 47.7 Å². The van der Waals surface area contributed by atoms with Crippen LogP contribution in [0.4, 0.5) is 4.79 Å². The lowest BCUT2D eigenvalue weighted by Crippen LogP contribution is -2.54. The van der Waals surface area contributed by atoms with Crippen LogP contribution in [-0.2, 0) is 42.9 Å². The molecule has 3 saturated heterocycles. The van der Waals surface area contributed by atoms with Gasteiger partial charge in [-0.3, -0.25) is 24.0 Å². The fourth-order valence-corrected chi connectivity index (χ4v) is 8.93. The number of thioether (sulfide) groups is 1. The Morgan fingerprint density at radius 1 is 0.966 bits per heavy atom. The highest BCUT2D eigenvalue weighted by Gasteiger charge is 2.71. The van der Waals surface area contributed by atoms with E-state index in [2.05, 4.69) is 65.7 Å². The first-order valence-corrected chi connectivity index (χ1v) is 22.7. The molecule has 1 aliphatic carbocycles. The molecule has 4 rings (SSSR count). The third kappa shape index (κ3) is 14.1. The molecule has 16 nitrogen and oxygen atoms in total. The van der Waals surface area contributed by atoms with Gasteiger partial charge >= 0.3 is 12.1 Å². The van der Waals surface area contributed by atoms with Crippen molar-refractivity contribution in [2.24, 2.45) is 23.7 Å². The molecular weight excluding hydrogens is 781 g/mol. The second-order valence-corrected chi connectivity index (χ2v) is 18.8. The number of allylic oxidation sites excluding steroid dienone is 1. The number of carbonyl (C=O) groups is 6. The molecule has 0 radical (unpaired) electrons. The minimum absolute atomic E-state index is 0.00109. The molecule has 334 valence electrons. The minimum Gasteiger partial charge on any atom is -0.462 e. The largest absolute Gasteiger partial charge is 0.462 e. The van der Waals surface area contributed by atoms with E-state index in [1.165, 1.54) is 17.3 Å². The Bertz CT molecular complexity index is 1510. The van der Waals surface area contributed by atoms with E-state index in [0.29, 0.717) is 31.6 Å². The highest BCUT2D eigenvalue weighted by atomic mass is 32.2. The van der Waals surface area contributed by atoms with E-state index < -0.39 is 61.0 Å². The van der Waals surface area contributed by atoms with Crippen molar-refractivity contribution in [3.05, 3.63) is 11.6 Å². The van der Waals surface area contributed by atoms with Crippen molar-refractivity contribution in [2.45, 2.75) is 148 Å². The van der Waals surface area contributed by atoms with E-state index in [1.54, 1.807) is 0 Å². The Kier molecular flexibility index (Phi) is 17.9. The number of ether oxygens (including phenoxy) is 4. The summed E-state index contributed by atoms with van der Waals surface area (Å²) in [6.07, 6.45) is 7.75. The van der Waals surface area contributed by atoms with Crippen molar-refractivity contribution in [1.29, 1.82) is 0 Å². The summed E-state index contributed by atoms with van der Waals surface area (Å²) in [6, 6.07) is -2.69. The van der Waals surface area contributed by atoms with Crippen LogP contribution in [0, 0.1) is 23.7 Å². The van der Waals surface area contributed by atoms with Gasteiger partial charge in [0.2, 0.25) is 23.6 Å². The lowest BCUT2D eigenvalue weighted by molar-refractivity contribution is -0.145. The fraction of sp³-hybridized carbons (Fsp3) is 0.810. The number of epoxide rings is 2. The second-order valence-electron chi connectivity index (χ2n) is 17.8. The smallest absolute Gasteiger partial charge is 0.407 e. The van der Waals surface area contributed by atoms with Crippen LogP contribution in [0.3, 0.4) is 0 Å². The molecule has 59 heavy (non-hydrogen) atoms. The molecule has 0 unspecified atom stereocenters. The normalized spacial score (nSPS) is 28.5. The number of rotatable bonds is 22. The number of carbonyl (C=O) groups excluding carboxylic acids is 6. The van der Waals surface area contributed by atoms with E-state index in [-0.39, 0.29) is 72.1 Å². The first-order chi connectivity index (χ1) is 27.9. The third-order valence-electron chi connectivity index (χ3n) is 12.0. The summed E-state index contributed by atoms with van der Waals surface area (Å²) in [4.78, 5) is 77.8. The van der Waals surface area contributed by atoms with Gasteiger partial charge in [0.25, 0.3) is 0 Å². The van der Waals surface area contributed by atoms with Crippen LogP contribution in [0.1, 0.15) is 100 Å². The molecule has 4 aliphatic rings. The van der Waals surface area contributed by atoms with Crippen LogP contribution >= 0.6 is 11.8 Å². The van der Waals surface area contributed by atoms with Gasteiger partial charge < -0.3 is 50.8 Å². The highest BCUT2D eigenvalue weighted by molar-refractivity contribution is 7.98. The molecule has 1 spiro atoms. The first-order valence-electron chi connectivity index (χ1n) is 21.3. The van der Waals surface area contributed by atoms with Crippen LogP contribution in [0.15, 0.2) is 11.6 Å². The molecule has 5 amide bonds. The number of amides is 5. The van der Waals surface area contributed by atoms with Gasteiger partial charge in [-0.05, 0) is 96.1 Å². The van der Waals surface area contributed by atoms with Crippen molar-refractivity contribution in [3.8, 4) is 0 Å². The monoisotopic (exact) mass is 850 g/mol. The van der Waals surface area contributed by atoms with Crippen LogP contribution in [0.2, 0.25) is 0 Å². The quantitative estimate of drug-likeness (QED) is 0.0527. The fourth-order valence-electron chi connectivity index (χ4n) is 8.46. The topological polar surface area (TPSA) is 218 Å². The maximum Gasteiger partial charge on any atom is 0.407 e. The lowest BCUT2D eigenvalue weighted by Gasteiger charge is -2.42. The van der Waals surface area contributed by atoms with Gasteiger partial charge in [0.15, 0.2) is 0 Å². The van der Waals surface area contributed by atoms with Gasteiger partial charge in [-0.25, -0.2) is 4.79 Å². The van der Waals surface area contributed by atoms with Gasteiger partial charge in [-0.15, -0.1) is 0 Å². The molecule has 0 aromatic carbocycles. The average Bonchev–Trinajstić information content (AvgIpc) is 4.00. The molecule has 17 heteroatoms. The van der Waals surface area contributed by atoms with Crippen LogP contribution in [0.5, 0.6) is 0 Å². The molecule has 4 fully saturated rings. The van der Waals surface area contributed by atoms with E-state index >= 15 is 0 Å². The molecule has 1 saturated carbocycles. The predicted octanol–water partition coefficient (Wildman–Crippen LogP) is 2.73. The van der Waals surface area contributed by atoms with Gasteiger partial charge in [-0.2, -0.15) is 11.8 Å². The Morgan fingerprint density at radius 3 is 2.27 bits per heavy atom. The van der Waals surface area contributed by atoms with Crippen molar-refractivity contribution in [2.75, 3.05) is 44.9 Å². The molecule has 0 bridgehead atoms. The van der Waals surface area contributed by atoms with E-state index in [1.807, 2.05) is 34.0 Å². The van der Waals surface area contributed by atoms with Crippen molar-refractivity contribution >= 4 is 47.5 Å². The zero-order valence-corrected chi connectivity index (χ0v) is 37.4. The van der Waals surface area contributed by atoms with Gasteiger partial charge in [0, 0.05) is 11.8 Å². The standard InChI is InChI=1S/C42H70N6O10S/c1-24(2)12-13-33-41(8,58-33)36-27(7)32(14-16-42(36)23-56-42)57-40(54)48-31(26(5)6)22-55-35(50)21-45-37(51)29(15-18-59-9)46-34(49)20-44-38(52)30(19-25(3)4)47-39(53)28-11-10-17-43-28/h12,25-33,36,43H,10-11,13-23H2,1-9H3,(H,44,52)(H,45,51)(H,46,49)(H,47,53)(H,48,54)/t27-,28+,29+,30+,31+,32-,33-,36-,41+,42+/m1/s1. The number of nitrogens with one attached hydrogen (secondary N) is 6. The van der Waals surface area contributed by atoms with E-state index in [4.69, 9.17) is 18.9 Å². The van der Waals surface area contributed by atoms with E-state index in [0.717, 1.165) is 25.8 Å². The van der Waals surface area contributed by atoms with Crippen LogP contribution < -0.4 is 31.9 Å². The average molecular weight is 851 g/mol. The summed E-state index contributed by atoms with van der Waals surface area (Å²) < 4.78 is 23.8. The molecule has 3 heterocycles. The summed E-state index contributed by atoms with van der Waals surface area (Å²) in [5, 5.41) is 16.6. The van der Waals surface area contributed by atoms with Gasteiger partial charge in [0.1, 0.15) is 31.3 Å². The van der Waals surface area contributed by atoms with E-state index in [9.17, 15) is 28.8 Å². The molecule has 0 aromatic rings. The van der Waals surface area contributed by atoms with Crippen LogP contribution in [-0.4, -0.2) is 128 Å². The number of alkyl carbamates (subject to hydrolysis) is 1. The summed E-state index contributed by atoms with van der Waals surface area (Å²) in [6.45, 7) is 16.5. The van der Waals surface area contributed by atoms with Crippen LogP contribution in [0.25, 0.3) is 0 Å². The second kappa shape index (κ2) is 21.9. The van der Waals surface area contributed by atoms with Crippen molar-refractivity contribution in [1.82, 2.24) is 31.9 Å². The van der Waals surface area contributed by atoms with Gasteiger partial charge in [0.05, 0.1) is 42.5 Å². The molecule has 0 aromatic heterocycles. The lowest BCUT2D eigenvalue weighted by atomic mass is 9.64. The Hall–Kier alpha value is -3.41. The van der Waals surface area contributed by atoms with Gasteiger partial charge in [-0.1, -0.05) is 46.3 Å². The SMILES string of the molecule is CSCC[C@H](NC(=O)CNC(=O)[C@H](CC(C)C)NC(=O)[C@@H]1CCCN1)C(=O)NCC(=O)OC[C@H](NC(=O)O[C@@H]1CC[C@]2(CO2)[C@@H]([C@@]2(C)O[C@@H]2CC=C(C)C)[C@@H]1C)C(C)C. The zero-order chi connectivity index (χ0) is 43.5. The maximum absolute atomic E-state index is 13.2. The Labute approximate surface area is 354 Å². The predicted molar refractivity (Wildman–Crippen MR) is 224 cm³/mol. The summed E-state index contributed by atoms with van der Waals surface area (Å²) in [5.74, 6) is -2.00. The highest BCUT2D eigenvalue weighted by Crippen LogP contribution is 2.60. The molecule has 10 atom stereocenters. The summed E-state index contributed by atoms with van der Waals surface area (Å²) >= 11 is 1.49. The Balaban J connectivity index is 1.21. The molecular formula is C42H70N6O10S. The minimum atomic E-state index is -0.973. The molecule has 3 aliphatic heterocycles. The van der Waals surface area contributed by atoms with Crippen molar-refractivity contribution in [3.63, 3.8) is 0 Å². The number of esters is 1.